The Morgan fingerprint density at radius 3 is 2.73 bits per heavy atom. The van der Waals surface area contributed by atoms with Crippen molar-refractivity contribution in [2.45, 2.75) is 38.3 Å². The fourth-order valence-electron chi connectivity index (χ4n) is 1.94. The maximum absolute atomic E-state index is 6.03. The SMILES string of the molecule is Clc1cnc(CNC2CCCC2)c(Cl)c1. The molecule has 4 heteroatoms. The Hall–Kier alpha value is -0.310. The zero-order valence-corrected chi connectivity index (χ0v) is 9.98. The Morgan fingerprint density at radius 2 is 2.07 bits per heavy atom. The Balaban J connectivity index is 1.92. The summed E-state index contributed by atoms with van der Waals surface area (Å²) < 4.78 is 0. The van der Waals surface area contributed by atoms with Gasteiger partial charge in [0.2, 0.25) is 0 Å². The van der Waals surface area contributed by atoms with E-state index in [0.717, 1.165) is 12.2 Å². The Labute approximate surface area is 100.0 Å². The van der Waals surface area contributed by atoms with E-state index in [0.29, 0.717) is 16.1 Å². The molecule has 0 saturated heterocycles. The zero-order valence-electron chi connectivity index (χ0n) is 8.47. The molecule has 0 atom stereocenters. The summed E-state index contributed by atoms with van der Waals surface area (Å²) in [4.78, 5) is 4.21. The quantitative estimate of drug-likeness (QED) is 0.882. The first-order valence-electron chi connectivity index (χ1n) is 5.29. The number of pyridine rings is 1. The van der Waals surface area contributed by atoms with Crippen LogP contribution in [-0.4, -0.2) is 11.0 Å². The molecule has 0 aromatic carbocycles. The van der Waals surface area contributed by atoms with Gasteiger partial charge in [0.25, 0.3) is 0 Å². The summed E-state index contributed by atoms with van der Waals surface area (Å²) in [6.07, 6.45) is 6.84. The first-order valence-corrected chi connectivity index (χ1v) is 6.04. The number of hydrogen-bond donors (Lipinski definition) is 1. The second-order valence-electron chi connectivity index (χ2n) is 3.94. The number of nitrogens with zero attached hydrogens (tertiary/aromatic N) is 1. The number of nitrogens with one attached hydrogen (secondary N) is 1. The summed E-state index contributed by atoms with van der Waals surface area (Å²) >= 11 is 11.8. The minimum Gasteiger partial charge on any atom is -0.308 e. The molecule has 1 aliphatic rings. The van der Waals surface area contributed by atoms with Crippen molar-refractivity contribution in [3.05, 3.63) is 28.0 Å². The zero-order chi connectivity index (χ0) is 10.7. The highest BCUT2D eigenvalue weighted by molar-refractivity contribution is 6.34. The lowest BCUT2D eigenvalue weighted by Crippen LogP contribution is -2.25. The standard InChI is InChI=1S/C11H14Cl2N2/c12-8-5-10(13)11(15-6-8)7-14-9-3-1-2-4-9/h5-6,9,14H,1-4,7H2. The molecule has 2 rings (SSSR count). The molecule has 15 heavy (non-hydrogen) atoms. The average Bonchev–Trinajstić information content (AvgIpc) is 2.69. The smallest absolute Gasteiger partial charge is 0.0728 e. The van der Waals surface area contributed by atoms with Crippen LogP contribution in [-0.2, 0) is 6.54 Å². The lowest BCUT2D eigenvalue weighted by Gasteiger charge is -2.11. The maximum Gasteiger partial charge on any atom is 0.0728 e. The summed E-state index contributed by atoms with van der Waals surface area (Å²) in [6, 6.07) is 2.38. The first-order chi connectivity index (χ1) is 7.25. The molecule has 1 aromatic heterocycles. The minimum absolute atomic E-state index is 0.588. The van der Waals surface area contributed by atoms with Crippen LogP contribution in [0.2, 0.25) is 10.0 Å². The predicted molar refractivity (Wildman–Crippen MR) is 63.4 cm³/mol. The third-order valence-corrected chi connectivity index (χ3v) is 3.33. The van der Waals surface area contributed by atoms with Crippen molar-refractivity contribution < 1.29 is 0 Å². The van der Waals surface area contributed by atoms with E-state index in [1.54, 1.807) is 12.3 Å². The van der Waals surface area contributed by atoms with Gasteiger partial charge in [0.15, 0.2) is 0 Å². The van der Waals surface area contributed by atoms with Crippen molar-refractivity contribution >= 4 is 23.2 Å². The average molecular weight is 245 g/mol. The van der Waals surface area contributed by atoms with Gasteiger partial charge in [0, 0.05) is 18.8 Å². The van der Waals surface area contributed by atoms with Crippen molar-refractivity contribution in [1.82, 2.24) is 10.3 Å². The molecular formula is C11H14Cl2N2. The molecule has 2 nitrogen and oxygen atoms in total. The van der Waals surface area contributed by atoms with Crippen LogP contribution in [0.5, 0.6) is 0 Å². The van der Waals surface area contributed by atoms with Crippen LogP contribution in [0.4, 0.5) is 0 Å². The van der Waals surface area contributed by atoms with Crippen LogP contribution in [0.3, 0.4) is 0 Å². The van der Waals surface area contributed by atoms with E-state index in [2.05, 4.69) is 10.3 Å². The highest BCUT2D eigenvalue weighted by Crippen LogP contribution is 2.21. The van der Waals surface area contributed by atoms with Gasteiger partial charge >= 0.3 is 0 Å². The lowest BCUT2D eigenvalue weighted by molar-refractivity contribution is 0.519. The molecule has 0 amide bonds. The molecule has 1 fully saturated rings. The number of hydrogen-bond acceptors (Lipinski definition) is 2. The molecule has 1 heterocycles. The highest BCUT2D eigenvalue weighted by atomic mass is 35.5. The van der Waals surface area contributed by atoms with Gasteiger partial charge in [-0.3, -0.25) is 4.98 Å². The van der Waals surface area contributed by atoms with Crippen LogP contribution in [0.15, 0.2) is 12.3 Å². The van der Waals surface area contributed by atoms with Gasteiger partial charge in [0.05, 0.1) is 15.7 Å². The predicted octanol–water partition coefficient (Wildman–Crippen LogP) is 3.42. The van der Waals surface area contributed by atoms with Crippen LogP contribution >= 0.6 is 23.2 Å². The number of rotatable bonds is 3. The highest BCUT2D eigenvalue weighted by Gasteiger charge is 2.14. The Bertz CT molecular complexity index is 335. The molecule has 0 radical (unpaired) electrons. The van der Waals surface area contributed by atoms with Crippen LogP contribution < -0.4 is 5.32 Å². The van der Waals surface area contributed by atoms with E-state index in [1.807, 2.05) is 0 Å². The maximum atomic E-state index is 6.03. The molecule has 1 saturated carbocycles. The van der Waals surface area contributed by atoms with E-state index in [1.165, 1.54) is 25.7 Å². The van der Waals surface area contributed by atoms with E-state index in [4.69, 9.17) is 23.2 Å². The van der Waals surface area contributed by atoms with Gasteiger partial charge in [-0.05, 0) is 18.9 Å². The van der Waals surface area contributed by atoms with Gasteiger partial charge in [-0.1, -0.05) is 36.0 Å². The lowest BCUT2D eigenvalue weighted by atomic mass is 10.2. The van der Waals surface area contributed by atoms with E-state index in [9.17, 15) is 0 Å². The molecule has 1 aliphatic carbocycles. The van der Waals surface area contributed by atoms with E-state index < -0.39 is 0 Å². The van der Waals surface area contributed by atoms with E-state index in [-0.39, 0.29) is 0 Å². The Morgan fingerprint density at radius 1 is 1.33 bits per heavy atom. The molecule has 1 N–H and O–H groups in total. The van der Waals surface area contributed by atoms with Crippen molar-refractivity contribution in [3.63, 3.8) is 0 Å². The second kappa shape index (κ2) is 5.15. The normalized spacial score (nSPS) is 17.2. The van der Waals surface area contributed by atoms with Gasteiger partial charge in [-0.15, -0.1) is 0 Å². The summed E-state index contributed by atoms with van der Waals surface area (Å²) in [5.74, 6) is 0. The van der Waals surface area contributed by atoms with Crippen LogP contribution in [0.25, 0.3) is 0 Å². The molecule has 82 valence electrons. The van der Waals surface area contributed by atoms with Crippen molar-refractivity contribution in [2.75, 3.05) is 0 Å². The molecule has 0 aliphatic heterocycles. The summed E-state index contributed by atoms with van der Waals surface area (Å²) in [5, 5.41) is 4.70. The van der Waals surface area contributed by atoms with Crippen LogP contribution in [0, 0.1) is 0 Å². The van der Waals surface area contributed by atoms with Crippen molar-refractivity contribution in [3.8, 4) is 0 Å². The molecule has 0 unspecified atom stereocenters. The molecular weight excluding hydrogens is 231 g/mol. The largest absolute Gasteiger partial charge is 0.308 e. The second-order valence-corrected chi connectivity index (χ2v) is 4.79. The monoisotopic (exact) mass is 244 g/mol. The fraction of sp³-hybridized carbons (Fsp3) is 0.545. The topological polar surface area (TPSA) is 24.9 Å². The van der Waals surface area contributed by atoms with Gasteiger partial charge in [-0.2, -0.15) is 0 Å². The third kappa shape index (κ3) is 3.07. The number of halogens is 2. The van der Waals surface area contributed by atoms with Crippen LogP contribution in [0.1, 0.15) is 31.4 Å². The molecule has 0 spiro atoms. The summed E-state index contributed by atoms with van der Waals surface area (Å²) in [7, 11) is 0. The van der Waals surface area contributed by atoms with Gasteiger partial charge in [-0.25, -0.2) is 0 Å². The minimum atomic E-state index is 0.588. The fourth-order valence-corrected chi connectivity index (χ4v) is 2.39. The Kier molecular flexibility index (Phi) is 3.84. The van der Waals surface area contributed by atoms with Crippen molar-refractivity contribution in [1.29, 1.82) is 0 Å². The first kappa shape index (κ1) is 11.2. The van der Waals surface area contributed by atoms with Gasteiger partial charge in [0.1, 0.15) is 0 Å². The van der Waals surface area contributed by atoms with E-state index >= 15 is 0 Å². The molecule has 0 bridgehead atoms. The number of aromatic nitrogens is 1. The van der Waals surface area contributed by atoms with Crippen molar-refractivity contribution in [2.24, 2.45) is 0 Å². The third-order valence-electron chi connectivity index (χ3n) is 2.80. The van der Waals surface area contributed by atoms with Gasteiger partial charge < -0.3 is 5.32 Å². The molecule has 1 aromatic rings. The summed E-state index contributed by atoms with van der Waals surface area (Å²) in [6.45, 7) is 0.737. The summed E-state index contributed by atoms with van der Waals surface area (Å²) in [5.41, 5.74) is 0.882.